The molecule has 4 nitrogen and oxygen atoms in total. The van der Waals surface area contributed by atoms with Gasteiger partial charge in [0.25, 0.3) is 0 Å². The Hall–Kier alpha value is -1.38. The average Bonchev–Trinajstić information content (AvgIpc) is 2.79. The van der Waals surface area contributed by atoms with Crippen LogP contribution in [0.2, 0.25) is 0 Å². The van der Waals surface area contributed by atoms with Crippen LogP contribution in [0, 0.1) is 12.3 Å². The monoisotopic (exact) mass is 237 g/mol. The molecule has 0 aliphatic carbocycles. The van der Waals surface area contributed by atoms with Crippen LogP contribution in [0.3, 0.4) is 0 Å². The number of carbonyl (C=O) groups excluding carboxylic acids is 1. The Morgan fingerprint density at radius 2 is 2.56 bits per heavy atom. The van der Waals surface area contributed by atoms with Gasteiger partial charge in [0, 0.05) is 24.5 Å². The van der Waals surface area contributed by atoms with Gasteiger partial charge in [0.1, 0.15) is 5.01 Å². The van der Waals surface area contributed by atoms with Crippen LogP contribution in [0.1, 0.15) is 24.4 Å². The maximum absolute atomic E-state index is 11.2. The highest BCUT2D eigenvalue weighted by Gasteiger charge is 2.07. The van der Waals surface area contributed by atoms with E-state index in [1.807, 2.05) is 12.3 Å². The molecule has 0 saturated heterocycles. The van der Waals surface area contributed by atoms with Gasteiger partial charge < -0.3 is 10.6 Å². The van der Waals surface area contributed by atoms with Gasteiger partial charge in [0.2, 0.25) is 5.91 Å². The molecule has 2 N–H and O–H groups in total. The molecule has 0 saturated carbocycles. The number of thiazole rings is 1. The van der Waals surface area contributed by atoms with Crippen molar-refractivity contribution in [2.45, 2.75) is 19.4 Å². The summed E-state index contributed by atoms with van der Waals surface area (Å²) in [5.74, 6) is 2.33. The lowest BCUT2D eigenvalue weighted by Crippen LogP contribution is -2.28. The van der Waals surface area contributed by atoms with Crippen LogP contribution >= 0.6 is 11.3 Å². The highest BCUT2D eigenvalue weighted by atomic mass is 32.1. The van der Waals surface area contributed by atoms with E-state index in [1.165, 1.54) is 0 Å². The Kier molecular flexibility index (Phi) is 5.54. The van der Waals surface area contributed by atoms with E-state index in [0.29, 0.717) is 19.5 Å². The molecule has 0 spiro atoms. The van der Waals surface area contributed by atoms with Crippen LogP contribution < -0.4 is 10.6 Å². The zero-order valence-corrected chi connectivity index (χ0v) is 10.0. The third kappa shape index (κ3) is 4.43. The Bertz CT molecular complexity index is 356. The first kappa shape index (κ1) is 12.7. The summed E-state index contributed by atoms with van der Waals surface area (Å²) in [6.07, 6.45) is 7.23. The minimum Gasteiger partial charge on any atom is -0.345 e. The van der Waals surface area contributed by atoms with Crippen LogP contribution in [0.25, 0.3) is 0 Å². The summed E-state index contributed by atoms with van der Waals surface area (Å²) in [6.45, 7) is 2.94. The molecule has 86 valence electrons. The lowest BCUT2D eigenvalue weighted by Gasteiger charge is -2.10. The Morgan fingerprint density at radius 3 is 3.19 bits per heavy atom. The second kappa shape index (κ2) is 6.99. The second-order valence-electron chi connectivity index (χ2n) is 3.28. The summed E-state index contributed by atoms with van der Waals surface area (Å²) in [5.41, 5.74) is 0. The Labute approximate surface area is 99.5 Å². The summed E-state index contributed by atoms with van der Waals surface area (Å²) in [5, 5.41) is 8.81. The van der Waals surface area contributed by atoms with Gasteiger partial charge in [-0.3, -0.25) is 4.79 Å². The van der Waals surface area contributed by atoms with Gasteiger partial charge in [0.05, 0.1) is 12.6 Å². The molecule has 1 aromatic heterocycles. The minimum atomic E-state index is -0.0308. The van der Waals surface area contributed by atoms with Crippen molar-refractivity contribution in [3.05, 3.63) is 16.6 Å². The maximum Gasteiger partial charge on any atom is 0.222 e. The fourth-order valence-corrected chi connectivity index (χ4v) is 1.85. The van der Waals surface area contributed by atoms with Crippen LogP contribution in [-0.2, 0) is 4.79 Å². The van der Waals surface area contributed by atoms with Crippen molar-refractivity contribution in [2.75, 3.05) is 13.1 Å². The van der Waals surface area contributed by atoms with Crippen molar-refractivity contribution in [2.24, 2.45) is 0 Å². The fraction of sp³-hybridized carbons (Fsp3) is 0.455. The van der Waals surface area contributed by atoms with Gasteiger partial charge in [-0.15, -0.1) is 17.8 Å². The van der Waals surface area contributed by atoms with Crippen molar-refractivity contribution in [1.29, 1.82) is 0 Å². The van der Waals surface area contributed by atoms with Crippen molar-refractivity contribution in [3.63, 3.8) is 0 Å². The van der Waals surface area contributed by atoms with Gasteiger partial charge in [-0.1, -0.05) is 5.92 Å². The summed E-state index contributed by atoms with van der Waals surface area (Å²) >= 11 is 1.60. The number of terminal acetylenes is 1. The number of carbonyl (C=O) groups is 1. The van der Waals surface area contributed by atoms with Crippen LogP contribution in [-0.4, -0.2) is 24.0 Å². The summed E-state index contributed by atoms with van der Waals surface area (Å²) in [6, 6.07) is 0.181. The normalized spacial score (nSPS) is 11.8. The molecule has 0 bridgehead atoms. The van der Waals surface area contributed by atoms with Crippen LogP contribution in [0.5, 0.6) is 0 Å². The number of hydrogen-bond donors (Lipinski definition) is 2. The average molecular weight is 237 g/mol. The van der Waals surface area contributed by atoms with E-state index in [0.717, 1.165) is 5.01 Å². The van der Waals surface area contributed by atoms with Crippen molar-refractivity contribution in [3.8, 4) is 12.3 Å². The summed E-state index contributed by atoms with van der Waals surface area (Å²) in [7, 11) is 0. The first-order valence-electron chi connectivity index (χ1n) is 5.07. The molecule has 1 amide bonds. The number of aromatic nitrogens is 1. The number of nitrogens with one attached hydrogen (secondary N) is 2. The smallest absolute Gasteiger partial charge is 0.222 e. The zero-order valence-electron chi connectivity index (χ0n) is 9.19. The molecule has 1 rings (SSSR count). The minimum absolute atomic E-state index is 0.0308. The molecule has 1 atom stereocenters. The van der Waals surface area contributed by atoms with E-state index in [1.54, 1.807) is 17.5 Å². The van der Waals surface area contributed by atoms with E-state index in [4.69, 9.17) is 6.42 Å². The predicted molar refractivity (Wildman–Crippen MR) is 65.0 cm³/mol. The predicted octanol–water partition coefficient (Wildman–Crippen LogP) is 0.933. The molecule has 0 fully saturated rings. The first-order valence-corrected chi connectivity index (χ1v) is 5.95. The van der Waals surface area contributed by atoms with E-state index in [2.05, 4.69) is 21.5 Å². The third-order valence-corrected chi connectivity index (χ3v) is 2.97. The zero-order chi connectivity index (χ0) is 11.8. The van der Waals surface area contributed by atoms with Crippen LogP contribution in [0.4, 0.5) is 0 Å². The Morgan fingerprint density at radius 1 is 1.75 bits per heavy atom. The molecule has 0 radical (unpaired) electrons. The quantitative estimate of drug-likeness (QED) is 0.724. The van der Waals surface area contributed by atoms with Gasteiger partial charge in [-0.05, 0) is 6.92 Å². The maximum atomic E-state index is 11.2. The largest absolute Gasteiger partial charge is 0.345 e. The highest BCUT2D eigenvalue weighted by molar-refractivity contribution is 7.09. The van der Waals surface area contributed by atoms with Gasteiger partial charge in [0.15, 0.2) is 0 Å². The van der Waals surface area contributed by atoms with Gasteiger partial charge >= 0.3 is 0 Å². The number of hydrogen-bond acceptors (Lipinski definition) is 4. The highest BCUT2D eigenvalue weighted by Crippen LogP contribution is 2.14. The van der Waals surface area contributed by atoms with Crippen molar-refractivity contribution < 1.29 is 4.79 Å². The molecular weight excluding hydrogens is 222 g/mol. The standard InChI is InChI=1S/C11H15N3OS/c1-3-5-13-10(15)4-6-12-9(2)11-14-7-8-16-11/h1,7-9,12H,4-6H2,2H3,(H,13,15). The topological polar surface area (TPSA) is 54.0 Å². The van der Waals surface area contributed by atoms with E-state index in [-0.39, 0.29) is 11.9 Å². The van der Waals surface area contributed by atoms with E-state index < -0.39 is 0 Å². The summed E-state index contributed by atoms with van der Waals surface area (Å²) < 4.78 is 0. The summed E-state index contributed by atoms with van der Waals surface area (Å²) in [4.78, 5) is 15.4. The molecule has 0 aliphatic heterocycles. The van der Waals surface area contributed by atoms with Crippen LogP contribution in [0.15, 0.2) is 11.6 Å². The lowest BCUT2D eigenvalue weighted by molar-refractivity contribution is -0.120. The Balaban J connectivity index is 2.16. The number of amides is 1. The third-order valence-electron chi connectivity index (χ3n) is 2.01. The second-order valence-corrected chi connectivity index (χ2v) is 4.20. The molecule has 16 heavy (non-hydrogen) atoms. The van der Waals surface area contributed by atoms with Crippen molar-refractivity contribution in [1.82, 2.24) is 15.6 Å². The van der Waals surface area contributed by atoms with E-state index in [9.17, 15) is 4.79 Å². The molecule has 0 aromatic carbocycles. The molecule has 5 heteroatoms. The molecular formula is C11H15N3OS. The van der Waals surface area contributed by atoms with Crippen molar-refractivity contribution >= 4 is 17.2 Å². The van der Waals surface area contributed by atoms with E-state index >= 15 is 0 Å². The van der Waals surface area contributed by atoms with Gasteiger partial charge in [-0.2, -0.15) is 0 Å². The molecule has 0 aliphatic rings. The molecule has 1 aromatic rings. The number of nitrogens with zero attached hydrogens (tertiary/aromatic N) is 1. The lowest BCUT2D eigenvalue weighted by atomic mass is 10.3. The van der Waals surface area contributed by atoms with Gasteiger partial charge in [-0.25, -0.2) is 4.98 Å². The first-order chi connectivity index (χ1) is 7.74. The molecule has 1 heterocycles. The molecule has 1 unspecified atom stereocenters. The fourth-order valence-electron chi connectivity index (χ4n) is 1.18. The number of rotatable bonds is 6. The SMILES string of the molecule is C#CCNC(=O)CCNC(C)c1nccs1.